The molecule has 0 saturated heterocycles. The van der Waals surface area contributed by atoms with Crippen molar-refractivity contribution in [1.29, 1.82) is 0 Å². The molecule has 0 radical (unpaired) electrons. The van der Waals surface area contributed by atoms with Crippen molar-refractivity contribution in [2.75, 3.05) is 19.7 Å². The molecule has 7 heteroatoms. The summed E-state index contributed by atoms with van der Waals surface area (Å²) in [6.45, 7) is 1.43. The average molecular weight is 407 g/mol. The highest BCUT2D eigenvalue weighted by Gasteiger charge is 2.28. The molecule has 1 aromatic heterocycles. The maximum absolute atomic E-state index is 11.2. The zero-order valence-corrected chi connectivity index (χ0v) is 16.6. The van der Waals surface area contributed by atoms with Crippen LogP contribution in [0.15, 0.2) is 53.0 Å². The lowest BCUT2D eigenvalue weighted by Crippen LogP contribution is -2.32. The van der Waals surface area contributed by atoms with Gasteiger partial charge >= 0.3 is 0 Å². The minimum absolute atomic E-state index is 0.0937. The first kappa shape index (κ1) is 20.3. The molecule has 0 bridgehead atoms. The van der Waals surface area contributed by atoms with E-state index >= 15 is 0 Å². The lowest BCUT2D eigenvalue weighted by molar-refractivity contribution is -0.124. The number of hydrogen-bond donors (Lipinski definition) is 3. The van der Waals surface area contributed by atoms with Crippen LogP contribution in [0.1, 0.15) is 35.0 Å². The van der Waals surface area contributed by atoms with Gasteiger partial charge in [-0.1, -0.05) is 30.3 Å². The summed E-state index contributed by atoms with van der Waals surface area (Å²) in [7, 11) is 0. The largest absolute Gasteiger partial charge is 0.441 e. The Kier molecular flexibility index (Phi) is 6.23. The van der Waals surface area contributed by atoms with Gasteiger partial charge in [-0.2, -0.15) is 0 Å². The standard InChI is InChI=1S/C23H25N3O4/c27-14-13-26(12-11-23-24-19-3-1-2-4-21(19)30-23)20-9-7-17-15-16(5-8-18(17)20)6-10-22(28)25-29/h1-6,8,10,15,20,27,29H,7,9,11-14H2,(H,25,28). The van der Waals surface area contributed by atoms with Crippen molar-refractivity contribution in [2.45, 2.75) is 25.3 Å². The molecule has 3 N–H and O–H groups in total. The second-order valence-electron chi connectivity index (χ2n) is 7.41. The fraction of sp³-hybridized carbons (Fsp3) is 0.304. The number of benzene rings is 2. The van der Waals surface area contributed by atoms with Crippen LogP contribution in [0, 0.1) is 0 Å². The third-order valence-corrected chi connectivity index (χ3v) is 5.53. The maximum atomic E-state index is 11.2. The number of aromatic nitrogens is 1. The summed E-state index contributed by atoms with van der Waals surface area (Å²) >= 11 is 0. The Bertz CT molecular complexity index is 1030. The highest BCUT2D eigenvalue weighted by molar-refractivity contribution is 5.90. The molecule has 1 heterocycles. The Balaban J connectivity index is 1.47. The lowest BCUT2D eigenvalue weighted by Gasteiger charge is -2.28. The zero-order chi connectivity index (χ0) is 20.9. The Labute approximate surface area is 174 Å². The number of hydrogen-bond acceptors (Lipinski definition) is 6. The molecule has 0 saturated carbocycles. The van der Waals surface area contributed by atoms with Gasteiger partial charge in [0, 0.05) is 31.6 Å². The summed E-state index contributed by atoms with van der Waals surface area (Å²) < 4.78 is 5.84. The number of amides is 1. The van der Waals surface area contributed by atoms with Gasteiger partial charge in [-0.15, -0.1) is 0 Å². The minimum atomic E-state index is -0.554. The number of oxazole rings is 1. The summed E-state index contributed by atoms with van der Waals surface area (Å²) in [5.74, 6) is 0.154. The number of para-hydroxylation sites is 2. The average Bonchev–Trinajstić information content (AvgIpc) is 3.38. The lowest BCUT2D eigenvalue weighted by atomic mass is 10.0. The summed E-state index contributed by atoms with van der Waals surface area (Å²) in [4.78, 5) is 18.0. The second kappa shape index (κ2) is 9.21. The molecule has 156 valence electrons. The summed E-state index contributed by atoms with van der Waals surface area (Å²) in [6, 6.07) is 14.1. The van der Waals surface area contributed by atoms with Crippen LogP contribution in [0.4, 0.5) is 0 Å². The molecule has 0 aliphatic heterocycles. The van der Waals surface area contributed by atoms with Crippen LogP contribution in [0.2, 0.25) is 0 Å². The predicted octanol–water partition coefficient (Wildman–Crippen LogP) is 2.87. The minimum Gasteiger partial charge on any atom is -0.441 e. The van der Waals surface area contributed by atoms with Crippen LogP contribution in [-0.2, 0) is 17.6 Å². The quantitative estimate of drug-likeness (QED) is 0.302. The molecule has 0 fully saturated rings. The number of nitrogens with zero attached hydrogens (tertiary/aromatic N) is 2. The van der Waals surface area contributed by atoms with E-state index in [1.54, 1.807) is 11.6 Å². The normalized spacial score (nSPS) is 15.9. The van der Waals surface area contributed by atoms with Crippen LogP contribution in [-0.4, -0.2) is 45.8 Å². The number of aliphatic hydroxyl groups excluding tert-OH is 1. The van der Waals surface area contributed by atoms with Gasteiger partial charge in [-0.25, -0.2) is 10.5 Å². The van der Waals surface area contributed by atoms with E-state index in [1.807, 2.05) is 30.3 Å². The molecule has 1 atom stereocenters. The van der Waals surface area contributed by atoms with Gasteiger partial charge in [0.25, 0.3) is 5.91 Å². The highest BCUT2D eigenvalue weighted by Crippen LogP contribution is 2.36. The van der Waals surface area contributed by atoms with Crippen molar-refractivity contribution in [3.63, 3.8) is 0 Å². The van der Waals surface area contributed by atoms with E-state index in [9.17, 15) is 9.90 Å². The zero-order valence-electron chi connectivity index (χ0n) is 16.6. The van der Waals surface area contributed by atoms with E-state index in [4.69, 9.17) is 9.62 Å². The van der Waals surface area contributed by atoms with E-state index in [0.29, 0.717) is 18.9 Å². The van der Waals surface area contributed by atoms with Gasteiger partial charge in [0.05, 0.1) is 6.61 Å². The first-order valence-corrected chi connectivity index (χ1v) is 10.1. The predicted molar refractivity (Wildman–Crippen MR) is 113 cm³/mol. The van der Waals surface area contributed by atoms with E-state index < -0.39 is 5.91 Å². The Hall–Kier alpha value is -3.00. The number of fused-ring (bicyclic) bond motifs is 2. The number of carbonyl (C=O) groups is 1. The SMILES string of the molecule is O=C(C=Cc1ccc2c(c1)CCC2N(CCO)CCc1nc2ccccc2o1)NO. The number of carbonyl (C=O) groups excluding carboxylic acids is 1. The summed E-state index contributed by atoms with van der Waals surface area (Å²) in [5, 5.41) is 18.2. The topological polar surface area (TPSA) is 98.8 Å². The van der Waals surface area contributed by atoms with Crippen LogP contribution in [0.3, 0.4) is 0 Å². The Morgan fingerprint density at radius 3 is 2.93 bits per heavy atom. The Morgan fingerprint density at radius 2 is 2.13 bits per heavy atom. The van der Waals surface area contributed by atoms with Crippen molar-refractivity contribution in [2.24, 2.45) is 0 Å². The van der Waals surface area contributed by atoms with Crippen molar-refractivity contribution < 1.29 is 19.5 Å². The molecule has 3 aromatic rings. The molecule has 1 amide bonds. The molecule has 1 aliphatic carbocycles. The molecular weight excluding hydrogens is 382 g/mol. The van der Waals surface area contributed by atoms with E-state index in [1.165, 1.54) is 17.2 Å². The highest BCUT2D eigenvalue weighted by atomic mass is 16.5. The van der Waals surface area contributed by atoms with Crippen molar-refractivity contribution in [1.82, 2.24) is 15.4 Å². The van der Waals surface area contributed by atoms with Gasteiger partial charge in [0.15, 0.2) is 11.5 Å². The van der Waals surface area contributed by atoms with E-state index in [2.05, 4.69) is 22.0 Å². The molecule has 4 rings (SSSR count). The van der Waals surface area contributed by atoms with Gasteiger partial charge in [-0.05, 0) is 47.7 Å². The number of nitrogens with one attached hydrogen (secondary N) is 1. The van der Waals surface area contributed by atoms with Gasteiger partial charge in [0.1, 0.15) is 5.52 Å². The van der Waals surface area contributed by atoms with Crippen LogP contribution in [0.5, 0.6) is 0 Å². The van der Waals surface area contributed by atoms with Crippen LogP contribution >= 0.6 is 0 Å². The summed E-state index contributed by atoms with van der Waals surface area (Å²) in [6.07, 6.45) is 5.58. The van der Waals surface area contributed by atoms with Gasteiger partial charge < -0.3 is 9.52 Å². The first-order chi connectivity index (χ1) is 14.7. The summed E-state index contributed by atoms with van der Waals surface area (Å²) in [5.41, 5.74) is 6.66. The molecule has 0 spiro atoms. The second-order valence-corrected chi connectivity index (χ2v) is 7.41. The van der Waals surface area contributed by atoms with Crippen molar-refractivity contribution in [3.05, 3.63) is 71.1 Å². The first-order valence-electron chi connectivity index (χ1n) is 10.1. The van der Waals surface area contributed by atoms with Gasteiger partial charge in [0.2, 0.25) is 0 Å². The van der Waals surface area contributed by atoms with E-state index in [-0.39, 0.29) is 12.6 Å². The smallest absolute Gasteiger partial charge is 0.267 e. The van der Waals surface area contributed by atoms with Crippen molar-refractivity contribution in [3.8, 4) is 0 Å². The maximum Gasteiger partial charge on any atom is 0.267 e. The third kappa shape index (κ3) is 4.43. The molecule has 1 unspecified atom stereocenters. The number of hydroxylamine groups is 1. The molecule has 2 aromatic carbocycles. The number of aryl methyl sites for hydroxylation is 1. The monoisotopic (exact) mass is 407 g/mol. The van der Waals surface area contributed by atoms with Crippen LogP contribution < -0.4 is 5.48 Å². The fourth-order valence-electron chi connectivity index (χ4n) is 4.13. The number of rotatable bonds is 8. The van der Waals surface area contributed by atoms with Crippen LogP contribution in [0.25, 0.3) is 17.2 Å². The van der Waals surface area contributed by atoms with E-state index in [0.717, 1.165) is 36.0 Å². The Morgan fingerprint density at radius 1 is 1.27 bits per heavy atom. The van der Waals surface area contributed by atoms with Crippen molar-refractivity contribution >= 4 is 23.1 Å². The molecule has 7 nitrogen and oxygen atoms in total. The number of aliphatic hydroxyl groups is 1. The third-order valence-electron chi connectivity index (χ3n) is 5.53. The van der Waals surface area contributed by atoms with Gasteiger partial charge in [-0.3, -0.25) is 14.9 Å². The molecular formula is C23H25N3O4. The fourth-order valence-corrected chi connectivity index (χ4v) is 4.13. The molecule has 30 heavy (non-hydrogen) atoms. The molecule has 1 aliphatic rings.